The second kappa shape index (κ2) is 4.31. The zero-order chi connectivity index (χ0) is 14.4. The molecule has 1 aromatic carbocycles. The van der Waals surface area contributed by atoms with E-state index in [2.05, 4.69) is 0 Å². The van der Waals surface area contributed by atoms with Crippen LogP contribution in [0.4, 0.5) is 0 Å². The minimum Gasteiger partial charge on any atom is -0.480 e. The van der Waals surface area contributed by atoms with Gasteiger partial charge in [-0.1, -0.05) is 36.8 Å². The van der Waals surface area contributed by atoms with Crippen molar-refractivity contribution >= 4 is 15.8 Å². The first-order valence-electron chi connectivity index (χ1n) is 6.05. The molecule has 0 bridgehead atoms. The van der Waals surface area contributed by atoms with Crippen molar-refractivity contribution in [2.45, 2.75) is 30.6 Å². The summed E-state index contributed by atoms with van der Waals surface area (Å²) in [5, 5.41) is 8.20. The van der Waals surface area contributed by atoms with Gasteiger partial charge >= 0.3 is 5.97 Å². The average molecular weight is 283 g/mol. The first-order valence-corrected chi connectivity index (χ1v) is 7.77. The molecule has 1 aliphatic carbocycles. The summed E-state index contributed by atoms with van der Waals surface area (Å²) in [4.78, 5) is 11.3. The van der Waals surface area contributed by atoms with E-state index in [1.807, 2.05) is 19.1 Å². The third-order valence-corrected chi connectivity index (χ3v) is 6.02. The number of carbonyl (C=O) groups is 1. The Labute approximate surface area is 112 Å². The highest BCUT2D eigenvalue weighted by molar-refractivity contribution is 7.92. The standard InChI is InChI=1S/C13H17NO4S/c1-3-19(17,18)11-10(13(11,14)12(15)16)9-6-4-8(2)5-7-9/h4-7,10-11H,3,14H2,1-2H3,(H,15,16)/t10-,11-,13-/m0/s1. The quantitative estimate of drug-likeness (QED) is 0.846. The number of rotatable bonds is 4. The van der Waals surface area contributed by atoms with E-state index in [9.17, 15) is 18.3 Å². The second-order valence-corrected chi connectivity index (χ2v) is 7.41. The third-order valence-electron chi connectivity index (χ3n) is 3.78. The Morgan fingerprint density at radius 2 is 1.89 bits per heavy atom. The van der Waals surface area contributed by atoms with Crippen molar-refractivity contribution in [3.8, 4) is 0 Å². The second-order valence-electron chi connectivity index (χ2n) is 5.00. The molecule has 1 aliphatic rings. The van der Waals surface area contributed by atoms with Crippen LogP contribution < -0.4 is 5.73 Å². The third kappa shape index (κ3) is 2.04. The maximum atomic E-state index is 12.0. The van der Waals surface area contributed by atoms with Crippen LogP contribution in [0.15, 0.2) is 24.3 Å². The van der Waals surface area contributed by atoms with Gasteiger partial charge in [0.25, 0.3) is 0 Å². The monoisotopic (exact) mass is 283 g/mol. The summed E-state index contributed by atoms with van der Waals surface area (Å²) in [5.74, 6) is -2.04. The van der Waals surface area contributed by atoms with Crippen LogP contribution in [-0.2, 0) is 14.6 Å². The molecule has 0 aliphatic heterocycles. The lowest BCUT2D eigenvalue weighted by atomic mass is 10.1. The van der Waals surface area contributed by atoms with Crippen molar-refractivity contribution < 1.29 is 18.3 Å². The fourth-order valence-corrected chi connectivity index (χ4v) is 4.46. The minimum atomic E-state index is -3.49. The number of sulfone groups is 1. The molecule has 0 radical (unpaired) electrons. The number of hydrogen-bond donors (Lipinski definition) is 2. The SMILES string of the molecule is CCS(=O)(=O)[C@H]1[C@H](c2ccc(C)cc2)[C@@]1(N)C(=O)O. The van der Waals surface area contributed by atoms with Gasteiger partial charge in [0.2, 0.25) is 0 Å². The highest BCUT2D eigenvalue weighted by Crippen LogP contribution is 2.54. The molecule has 1 aromatic rings. The van der Waals surface area contributed by atoms with Crippen molar-refractivity contribution in [2.75, 3.05) is 5.75 Å². The molecule has 0 unspecified atom stereocenters. The molecule has 0 aromatic heterocycles. The van der Waals surface area contributed by atoms with Crippen molar-refractivity contribution in [3.63, 3.8) is 0 Å². The fourth-order valence-electron chi connectivity index (χ4n) is 2.54. The molecule has 1 fully saturated rings. The molecular formula is C13H17NO4S. The van der Waals surface area contributed by atoms with Gasteiger partial charge in [0.1, 0.15) is 5.54 Å². The minimum absolute atomic E-state index is 0.105. The zero-order valence-electron chi connectivity index (χ0n) is 10.8. The zero-order valence-corrected chi connectivity index (χ0v) is 11.6. The summed E-state index contributed by atoms with van der Waals surface area (Å²) in [6, 6.07) is 7.14. The summed E-state index contributed by atoms with van der Waals surface area (Å²) >= 11 is 0. The van der Waals surface area contributed by atoms with Crippen molar-refractivity contribution in [3.05, 3.63) is 35.4 Å². The Morgan fingerprint density at radius 1 is 1.37 bits per heavy atom. The summed E-state index contributed by atoms with van der Waals surface area (Å²) in [5.41, 5.74) is 5.82. The van der Waals surface area contributed by atoms with Crippen LogP contribution in [0.5, 0.6) is 0 Å². The van der Waals surface area contributed by atoms with Gasteiger partial charge in [0.05, 0.1) is 5.25 Å². The Morgan fingerprint density at radius 3 is 2.32 bits per heavy atom. The highest BCUT2D eigenvalue weighted by atomic mass is 32.2. The average Bonchev–Trinajstić information content (AvgIpc) is 2.99. The van der Waals surface area contributed by atoms with E-state index >= 15 is 0 Å². The summed E-state index contributed by atoms with van der Waals surface area (Å²) in [7, 11) is -3.49. The lowest BCUT2D eigenvalue weighted by Crippen LogP contribution is -2.40. The lowest BCUT2D eigenvalue weighted by molar-refractivity contribution is -0.139. The largest absolute Gasteiger partial charge is 0.480 e. The molecule has 0 spiro atoms. The van der Waals surface area contributed by atoms with E-state index in [1.54, 1.807) is 12.1 Å². The molecular weight excluding hydrogens is 266 g/mol. The first kappa shape index (κ1) is 14.0. The van der Waals surface area contributed by atoms with E-state index in [4.69, 9.17) is 5.73 Å². The Bertz CT molecular complexity index is 608. The highest BCUT2D eigenvalue weighted by Gasteiger charge is 2.73. The molecule has 0 amide bonds. The van der Waals surface area contributed by atoms with Crippen LogP contribution >= 0.6 is 0 Å². The summed E-state index contributed by atoms with van der Waals surface area (Å²) in [6.07, 6.45) is 0. The van der Waals surface area contributed by atoms with Crippen molar-refractivity contribution in [1.82, 2.24) is 0 Å². The van der Waals surface area contributed by atoms with Crippen LogP contribution in [0.1, 0.15) is 24.0 Å². The number of carboxylic acids is 1. The van der Waals surface area contributed by atoms with E-state index in [0.717, 1.165) is 5.56 Å². The number of benzene rings is 1. The smallest absolute Gasteiger partial charge is 0.325 e. The van der Waals surface area contributed by atoms with Gasteiger partial charge < -0.3 is 10.8 Å². The van der Waals surface area contributed by atoms with E-state index < -0.39 is 32.5 Å². The van der Waals surface area contributed by atoms with Crippen LogP contribution in [0.3, 0.4) is 0 Å². The lowest BCUT2D eigenvalue weighted by Gasteiger charge is -2.05. The molecule has 2 rings (SSSR count). The van der Waals surface area contributed by atoms with Gasteiger partial charge in [0.15, 0.2) is 9.84 Å². The van der Waals surface area contributed by atoms with Gasteiger partial charge in [-0.25, -0.2) is 8.42 Å². The predicted octanol–water partition coefficient (Wildman–Crippen LogP) is 0.678. The molecule has 0 saturated heterocycles. The van der Waals surface area contributed by atoms with Crippen LogP contribution in [-0.4, -0.2) is 36.0 Å². The van der Waals surface area contributed by atoms with Crippen LogP contribution in [0.2, 0.25) is 0 Å². The molecule has 104 valence electrons. The van der Waals surface area contributed by atoms with Crippen LogP contribution in [0, 0.1) is 6.92 Å². The van der Waals surface area contributed by atoms with E-state index in [0.29, 0.717) is 5.56 Å². The molecule has 0 heterocycles. The molecule has 3 N–H and O–H groups in total. The first-order chi connectivity index (χ1) is 8.75. The van der Waals surface area contributed by atoms with Gasteiger partial charge in [-0.05, 0) is 12.5 Å². The molecule has 5 nitrogen and oxygen atoms in total. The fraction of sp³-hybridized carbons (Fsp3) is 0.462. The predicted molar refractivity (Wildman–Crippen MR) is 71.7 cm³/mol. The topological polar surface area (TPSA) is 97.5 Å². The van der Waals surface area contributed by atoms with E-state index in [-0.39, 0.29) is 5.75 Å². The maximum Gasteiger partial charge on any atom is 0.325 e. The number of carboxylic acid groups (broad SMARTS) is 1. The van der Waals surface area contributed by atoms with Gasteiger partial charge in [-0.2, -0.15) is 0 Å². The number of nitrogens with two attached hydrogens (primary N) is 1. The van der Waals surface area contributed by atoms with Crippen molar-refractivity contribution in [1.29, 1.82) is 0 Å². The summed E-state index contributed by atoms with van der Waals surface area (Å²) in [6.45, 7) is 3.41. The number of aliphatic carboxylic acids is 1. The summed E-state index contributed by atoms with van der Waals surface area (Å²) < 4.78 is 24.0. The van der Waals surface area contributed by atoms with Gasteiger partial charge in [0, 0.05) is 11.7 Å². The molecule has 19 heavy (non-hydrogen) atoms. The van der Waals surface area contributed by atoms with E-state index in [1.165, 1.54) is 6.92 Å². The molecule has 6 heteroatoms. The Balaban J connectivity index is 2.45. The Hall–Kier alpha value is -1.40. The molecule has 3 atom stereocenters. The molecule has 1 saturated carbocycles. The normalized spacial score (nSPS) is 30.1. The number of hydrogen-bond acceptors (Lipinski definition) is 4. The van der Waals surface area contributed by atoms with Crippen LogP contribution in [0.25, 0.3) is 0 Å². The Kier molecular flexibility index (Phi) is 3.18. The van der Waals surface area contributed by atoms with Gasteiger partial charge in [-0.3, -0.25) is 4.79 Å². The maximum absolute atomic E-state index is 12.0. The number of aryl methyl sites for hydroxylation is 1. The van der Waals surface area contributed by atoms with Gasteiger partial charge in [-0.15, -0.1) is 0 Å². The van der Waals surface area contributed by atoms with Crippen molar-refractivity contribution in [2.24, 2.45) is 5.73 Å².